The highest BCUT2D eigenvalue weighted by Crippen LogP contribution is 2.47. The number of alkyl halides is 3. The van der Waals surface area contributed by atoms with E-state index in [1.54, 1.807) is 0 Å². The number of benzene rings is 1. The third-order valence-electron chi connectivity index (χ3n) is 3.92. The fraction of sp³-hybridized carbons (Fsp3) is 0.571. The van der Waals surface area contributed by atoms with Gasteiger partial charge in [0, 0.05) is 11.1 Å². The molecule has 1 saturated carbocycles. The van der Waals surface area contributed by atoms with Crippen LogP contribution in [0.1, 0.15) is 43.2 Å². The van der Waals surface area contributed by atoms with Gasteiger partial charge in [0.05, 0.1) is 7.11 Å². The van der Waals surface area contributed by atoms with E-state index in [4.69, 9.17) is 10.5 Å². The van der Waals surface area contributed by atoms with Crippen LogP contribution >= 0.6 is 0 Å². The zero-order chi connectivity index (χ0) is 15.0. The van der Waals surface area contributed by atoms with Gasteiger partial charge in [-0.3, -0.25) is 0 Å². The maximum absolute atomic E-state index is 12.9. The number of phenolic OH excluding ortho intramolecular Hbond substituents is 1. The molecule has 0 heterocycles. The molecule has 1 fully saturated rings. The lowest BCUT2D eigenvalue weighted by Gasteiger charge is -2.35. The van der Waals surface area contributed by atoms with Crippen molar-refractivity contribution in [3.63, 3.8) is 0 Å². The normalized spacial score (nSPS) is 18.9. The van der Waals surface area contributed by atoms with Crippen LogP contribution < -0.4 is 10.5 Å². The molecule has 0 amide bonds. The summed E-state index contributed by atoms with van der Waals surface area (Å²) in [4.78, 5) is 0. The van der Waals surface area contributed by atoms with E-state index < -0.39 is 28.8 Å². The van der Waals surface area contributed by atoms with Gasteiger partial charge < -0.3 is 15.6 Å². The summed E-state index contributed by atoms with van der Waals surface area (Å²) in [5.41, 5.74) is 4.84. The van der Waals surface area contributed by atoms with Crippen molar-refractivity contribution in [2.75, 3.05) is 7.11 Å². The van der Waals surface area contributed by atoms with Crippen molar-refractivity contribution >= 4 is 0 Å². The number of phenols is 1. The molecule has 1 aromatic carbocycles. The van der Waals surface area contributed by atoms with Crippen LogP contribution in [0, 0.1) is 0 Å². The summed E-state index contributed by atoms with van der Waals surface area (Å²) in [5, 5.41) is 10.1. The first kappa shape index (κ1) is 15.0. The first-order valence-electron chi connectivity index (χ1n) is 6.56. The average molecular weight is 289 g/mol. The first-order chi connectivity index (χ1) is 9.29. The van der Waals surface area contributed by atoms with Crippen LogP contribution in [0.15, 0.2) is 12.1 Å². The molecule has 1 aromatic rings. The molecule has 0 aliphatic heterocycles. The number of hydrogen-bond acceptors (Lipinski definition) is 3. The molecule has 2 rings (SSSR count). The Morgan fingerprint density at radius 3 is 2.30 bits per heavy atom. The van der Waals surface area contributed by atoms with Gasteiger partial charge in [0.15, 0.2) is 11.5 Å². The number of aromatic hydroxyl groups is 1. The second-order valence-corrected chi connectivity index (χ2v) is 5.26. The highest BCUT2D eigenvalue weighted by Gasteiger charge is 2.39. The van der Waals surface area contributed by atoms with E-state index in [9.17, 15) is 18.3 Å². The van der Waals surface area contributed by atoms with E-state index in [0.717, 1.165) is 32.4 Å². The predicted octanol–water partition coefficient (Wildman–Crippen LogP) is 3.54. The lowest BCUT2D eigenvalue weighted by Crippen LogP contribution is -2.38. The number of ether oxygens (including phenoxy) is 1. The van der Waals surface area contributed by atoms with Crippen LogP contribution in [0.2, 0.25) is 0 Å². The molecule has 0 unspecified atom stereocenters. The summed E-state index contributed by atoms with van der Waals surface area (Å²) in [7, 11) is 1.11. The second-order valence-electron chi connectivity index (χ2n) is 5.26. The monoisotopic (exact) mass is 289 g/mol. The Morgan fingerprint density at radius 1 is 1.20 bits per heavy atom. The smallest absolute Gasteiger partial charge is 0.420 e. The lowest BCUT2D eigenvalue weighted by molar-refractivity contribution is -0.138. The summed E-state index contributed by atoms with van der Waals surface area (Å²) >= 11 is 0. The standard InChI is InChI=1S/C14H18F3NO2/c1-20-12-10(14(15,16)17)6-5-9(11(12)19)13(18)7-3-2-4-8-13/h5-6,19H,2-4,7-8,18H2,1H3. The molecule has 0 aromatic heterocycles. The van der Waals surface area contributed by atoms with Gasteiger partial charge in [-0.25, -0.2) is 0 Å². The minimum absolute atomic E-state index is 0.335. The molecule has 3 nitrogen and oxygen atoms in total. The zero-order valence-electron chi connectivity index (χ0n) is 11.3. The molecule has 0 atom stereocenters. The minimum Gasteiger partial charge on any atom is -0.504 e. The van der Waals surface area contributed by atoms with Crippen molar-refractivity contribution in [2.24, 2.45) is 5.73 Å². The topological polar surface area (TPSA) is 55.5 Å². The largest absolute Gasteiger partial charge is 0.504 e. The molecule has 0 radical (unpaired) electrons. The van der Waals surface area contributed by atoms with Crippen LogP contribution in [0.25, 0.3) is 0 Å². The fourth-order valence-electron chi connectivity index (χ4n) is 2.85. The molecule has 112 valence electrons. The van der Waals surface area contributed by atoms with Crippen molar-refractivity contribution in [3.05, 3.63) is 23.3 Å². The van der Waals surface area contributed by atoms with Crippen LogP contribution in [0.5, 0.6) is 11.5 Å². The molecule has 1 aliphatic carbocycles. The number of nitrogens with two attached hydrogens (primary N) is 1. The van der Waals surface area contributed by atoms with Gasteiger partial charge in [0.1, 0.15) is 5.56 Å². The van der Waals surface area contributed by atoms with Crippen molar-refractivity contribution < 1.29 is 23.0 Å². The molecular formula is C14H18F3NO2. The SMILES string of the molecule is COc1c(C(F)(F)F)ccc(C2(N)CCCCC2)c1O. The quantitative estimate of drug-likeness (QED) is 0.875. The van der Waals surface area contributed by atoms with Gasteiger partial charge in [-0.2, -0.15) is 13.2 Å². The molecule has 0 spiro atoms. The van der Waals surface area contributed by atoms with Crippen LogP contribution in [-0.2, 0) is 11.7 Å². The Kier molecular flexibility index (Phi) is 3.86. The number of hydrogen-bond donors (Lipinski definition) is 2. The van der Waals surface area contributed by atoms with E-state index in [-0.39, 0.29) is 0 Å². The lowest BCUT2D eigenvalue weighted by atomic mass is 9.77. The Bertz CT molecular complexity index is 494. The van der Waals surface area contributed by atoms with E-state index in [1.807, 2.05) is 0 Å². The van der Waals surface area contributed by atoms with Gasteiger partial charge in [-0.05, 0) is 18.9 Å². The first-order valence-corrected chi connectivity index (χ1v) is 6.56. The van der Waals surface area contributed by atoms with E-state index in [1.165, 1.54) is 6.07 Å². The summed E-state index contributed by atoms with van der Waals surface area (Å²) in [5.74, 6) is -1.04. The second kappa shape index (κ2) is 5.16. The minimum atomic E-state index is -4.57. The third kappa shape index (κ3) is 2.57. The Morgan fingerprint density at radius 2 is 1.80 bits per heavy atom. The summed E-state index contributed by atoms with van der Waals surface area (Å²) in [6.45, 7) is 0. The molecule has 6 heteroatoms. The summed E-state index contributed by atoms with van der Waals surface area (Å²) in [6, 6.07) is 2.20. The van der Waals surface area contributed by atoms with Crippen molar-refractivity contribution in [3.8, 4) is 11.5 Å². The fourth-order valence-corrected chi connectivity index (χ4v) is 2.85. The predicted molar refractivity (Wildman–Crippen MR) is 68.6 cm³/mol. The molecule has 20 heavy (non-hydrogen) atoms. The van der Waals surface area contributed by atoms with Gasteiger partial charge in [0.2, 0.25) is 0 Å². The van der Waals surface area contributed by atoms with Crippen molar-refractivity contribution in [1.29, 1.82) is 0 Å². The van der Waals surface area contributed by atoms with Gasteiger partial charge >= 0.3 is 6.18 Å². The number of methoxy groups -OCH3 is 1. The molecule has 0 saturated heterocycles. The van der Waals surface area contributed by atoms with Gasteiger partial charge in [0.25, 0.3) is 0 Å². The molecule has 1 aliphatic rings. The number of halogens is 3. The van der Waals surface area contributed by atoms with Gasteiger partial charge in [-0.15, -0.1) is 0 Å². The van der Waals surface area contributed by atoms with E-state index in [2.05, 4.69) is 0 Å². The summed E-state index contributed by atoms with van der Waals surface area (Å²) in [6.07, 6.45) is -0.421. The summed E-state index contributed by atoms with van der Waals surface area (Å²) < 4.78 is 43.3. The van der Waals surface area contributed by atoms with Crippen molar-refractivity contribution in [2.45, 2.75) is 43.8 Å². The van der Waals surface area contributed by atoms with Crippen molar-refractivity contribution in [1.82, 2.24) is 0 Å². The highest BCUT2D eigenvalue weighted by molar-refractivity contribution is 5.54. The third-order valence-corrected chi connectivity index (χ3v) is 3.92. The van der Waals surface area contributed by atoms with Gasteiger partial charge in [-0.1, -0.05) is 25.3 Å². The maximum Gasteiger partial charge on any atom is 0.420 e. The average Bonchev–Trinajstić information content (AvgIpc) is 2.37. The Balaban J connectivity index is 2.52. The zero-order valence-corrected chi connectivity index (χ0v) is 11.3. The Labute approximate surface area is 115 Å². The molecule has 0 bridgehead atoms. The highest BCUT2D eigenvalue weighted by atomic mass is 19.4. The van der Waals surface area contributed by atoms with Crippen LogP contribution in [0.3, 0.4) is 0 Å². The Hall–Kier alpha value is -1.43. The number of rotatable bonds is 2. The van der Waals surface area contributed by atoms with Crippen LogP contribution in [0.4, 0.5) is 13.2 Å². The van der Waals surface area contributed by atoms with E-state index in [0.29, 0.717) is 18.4 Å². The van der Waals surface area contributed by atoms with E-state index >= 15 is 0 Å². The molecular weight excluding hydrogens is 271 g/mol. The maximum atomic E-state index is 12.9. The molecule has 3 N–H and O–H groups in total. The van der Waals surface area contributed by atoms with Crippen LogP contribution in [-0.4, -0.2) is 12.2 Å².